The quantitative estimate of drug-likeness (QED) is 0.379. The number of aliphatic hydroxyl groups is 1. The Labute approximate surface area is 317 Å². The molecule has 0 aromatic heterocycles. The molecule has 1 saturated carbocycles. The fourth-order valence-corrected chi connectivity index (χ4v) is 9.82. The van der Waals surface area contributed by atoms with Gasteiger partial charge >= 0.3 is 6.09 Å². The summed E-state index contributed by atoms with van der Waals surface area (Å²) in [5.74, 6) is -0.104. The van der Waals surface area contributed by atoms with Crippen LogP contribution in [0.2, 0.25) is 5.02 Å². The Morgan fingerprint density at radius 1 is 1.13 bits per heavy atom. The van der Waals surface area contributed by atoms with Crippen molar-refractivity contribution in [2.24, 2.45) is 11.8 Å². The highest BCUT2D eigenvalue weighted by molar-refractivity contribution is 7.90. The first-order valence-electron chi connectivity index (χ1n) is 18.9. The van der Waals surface area contributed by atoms with Crippen LogP contribution in [-0.4, -0.2) is 101 Å². The minimum atomic E-state index is -4.25. The van der Waals surface area contributed by atoms with Gasteiger partial charge in [0.1, 0.15) is 17.5 Å². The van der Waals surface area contributed by atoms with E-state index in [9.17, 15) is 23.1 Å². The molecule has 3 N–H and O–H groups in total. The maximum atomic E-state index is 13.7. The van der Waals surface area contributed by atoms with Crippen molar-refractivity contribution >= 4 is 39.3 Å². The summed E-state index contributed by atoms with van der Waals surface area (Å²) in [6.07, 6.45) is 8.25. The van der Waals surface area contributed by atoms with Crippen molar-refractivity contribution < 1.29 is 37.3 Å². The normalized spacial score (nSPS) is 29.3. The highest BCUT2D eigenvalue weighted by Crippen LogP contribution is 2.47. The van der Waals surface area contributed by atoms with E-state index in [1.807, 2.05) is 18.2 Å². The Bertz CT molecular complexity index is 1830. The second-order valence-corrected chi connectivity index (χ2v) is 17.9. The zero-order valence-corrected chi connectivity index (χ0v) is 32.1. The van der Waals surface area contributed by atoms with Gasteiger partial charge in [0.25, 0.3) is 15.9 Å². The molecule has 3 heterocycles. The molecule has 4 atom stereocenters. The SMILES string of the molecule is CC1(C)OC/C=C/[C@H](OC(=O)NCCN2CCC(O)CC2)[C@@H]2CC[C@H]2CN2C[C@@]3(CCCc4cc(Cl)ccc43)COc3ccc(cc32)S(=O)(=O)NC1=O. The largest absolute Gasteiger partial charge is 0.490 e. The smallest absolute Gasteiger partial charge is 0.407 e. The Morgan fingerprint density at radius 3 is 2.72 bits per heavy atom. The van der Waals surface area contributed by atoms with Gasteiger partial charge in [0.2, 0.25) is 0 Å². The minimum Gasteiger partial charge on any atom is -0.490 e. The van der Waals surface area contributed by atoms with Gasteiger partial charge < -0.3 is 34.4 Å². The van der Waals surface area contributed by atoms with Crippen molar-refractivity contribution in [3.8, 4) is 5.75 Å². The van der Waals surface area contributed by atoms with Crippen molar-refractivity contribution in [2.45, 2.75) is 86.9 Å². The van der Waals surface area contributed by atoms with Crippen LogP contribution in [0.1, 0.15) is 63.5 Å². The summed E-state index contributed by atoms with van der Waals surface area (Å²) in [7, 11) is -4.25. The molecular formula is C39H51ClN4O8S. The Hall–Kier alpha value is -3.36. The van der Waals surface area contributed by atoms with Gasteiger partial charge in [-0.15, -0.1) is 0 Å². The summed E-state index contributed by atoms with van der Waals surface area (Å²) >= 11 is 6.44. The second-order valence-electron chi connectivity index (χ2n) is 15.8. The zero-order valence-electron chi connectivity index (χ0n) is 30.5. The number of rotatable bonds is 4. The van der Waals surface area contributed by atoms with E-state index in [0.717, 1.165) is 58.0 Å². The van der Waals surface area contributed by atoms with Crippen molar-refractivity contribution in [1.82, 2.24) is 14.9 Å². The first kappa shape index (κ1) is 37.9. The molecule has 2 bridgehead atoms. The molecule has 1 saturated heterocycles. The molecule has 12 nitrogen and oxygen atoms in total. The van der Waals surface area contributed by atoms with Gasteiger partial charge in [-0.3, -0.25) is 4.79 Å². The molecule has 53 heavy (non-hydrogen) atoms. The fourth-order valence-electron chi connectivity index (χ4n) is 8.51. The van der Waals surface area contributed by atoms with Crippen molar-refractivity contribution in [1.29, 1.82) is 0 Å². The van der Waals surface area contributed by atoms with Crippen LogP contribution in [-0.2, 0) is 36.1 Å². The Balaban J connectivity index is 1.19. The molecule has 0 unspecified atom stereocenters. The number of carbonyl (C=O) groups excluding carboxylic acids is 2. The molecule has 14 heteroatoms. The molecule has 5 aliphatic rings. The monoisotopic (exact) mass is 770 g/mol. The van der Waals surface area contributed by atoms with Crippen LogP contribution in [0.4, 0.5) is 10.5 Å². The van der Waals surface area contributed by atoms with Crippen molar-refractivity contribution in [2.75, 3.05) is 57.4 Å². The lowest BCUT2D eigenvalue weighted by atomic mass is 9.68. The summed E-state index contributed by atoms with van der Waals surface area (Å²) in [6, 6.07) is 10.8. The molecule has 2 aliphatic carbocycles. The summed E-state index contributed by atoms with van der Waals surface area (Å²) in [5.41, 5.74) is 1.20. The van der Waals surface area contributed by atoms with Crippen LogP contribution < -0.4 is 19.7 Å². The number of halogens is 1. The van der Waals surface area contributed by atoms with E-state index in [-0.39, 0.29) is 34.9 Å². The molecule has 2 fully saturated rings. The molecule has 2 aromatic rings. The van der Waals surface area contributed by atoms with Gasteiger partial charge in [0.15, 0.2) is 0 Å². The molecular weight excluding hydrogens is 720 g/mol. The predicted molar refractivity (Wildman–Crippen MR) is 201 cm³/mol. The highest BCUT2D eigenvalue weighted by Gasteiger charge is 2.45. The van der Waals surface area contributed by atoms with Crippen LogP contribution in [0, 0.1) is 11.8 Å². The van der Waals surface area contributed by atoms with Gasteiger partial charge in [-0.25, -0.2) is 17.9 Å². The number of fused-ring (bicyclic) bond motifs is 4. The van der Waals surface area contributed by atoms with Gasteiger partial charge in [-0.1, -0.05) is 23.7 Å². The zero-order chi connectivity index (χ0) is 37.4. The first-order chi connectivity index (χ1) is 25.3. The number of piperidine rings is 1. The number of amides is 2. The lowest BCUT2D eigenvalue weighted by Crippen LogP contribution is -2.50. The number of sulfonamides is 1. The maximum Gasteiger partial charge on any atom is 0.407 e. The van der Waals surface area contributed by atoms with Gasteiger partial charge in [-0.05, 0) is 112 Å². The third-order valence-electron chi connectivity index (χ3n) is 11.8. The van der Waals surface area contributed by atoms with E-state index in [4.69, 9.17) is 25.8 Å². The highest BCUT2D eigenvalue weighted by atomic mass is 35.5. The van der Waals surface area contributed by atoms with Gasteiger partial charge in [0.05, 0.1) is 29.9 Å². The first-order valence-corrected chi connectivity index (χ1v) is 20.7. The Morgan fingerprint density at radius 2 is 1.94 bits per heavy atom. The van der Waals surface area contributed by atoms with E-state index in [1.54, 1.807) is 18.2 Å². The lowest BCUT2D eigenvalue weighted by Gasteiger charge is -2.46. The second kappa shape index (κ2) is 15.4. The number of likely N-dealkylation sites (tertiary alicyclic amines) is 1. The van der Waals surface area contributed by atoms with Gasteiger partial charge in [0, 0.05) is 55.6 Å². The maximum absolute atomic E-state index is 13.7. The van der Waals surface area contributed by atoms with E-state index >= 15 is 0 Å². The summed E-state index contributed by atoms with van der Waals surface area (Å²) in [5, 5.41) is 13.4. The van der Waals surface area contributed by atoms with E-state index < -0.39 is 33.7 Å². The summed E-state index contributed by atoms with van der Waals surface area (Å²) < 4.78 is 48.1. The van der Waals surface area contributed by atoms with E-state index in [2.05, 4.69) is 25.9 Å². The third kappa shape index (κ3) is 8.34. The number of benzene rings is 2. The molecule has 1 spiro atoms. The molecule has 0 radical (unpaired) electrons. The minimum absolute atomic E-state index is 0.00210. The van der Waals surface area contributed by atoms with Gasteiger partial charge in [-0.2, -0.15) is 0 Å². The average Bonchev–Trinajstić information content (AvgIpc) is 3.25. The lowest BCUT2D eigenvalue weighted by molar-refractivity contribution is -0.139. The number of hydrogen-bond donors (Lipinski definition) is 3. The number of aliphatic hydroxyl groups excluding tert-OH is 1. The van der Waals surface area contributed by atoms with E-state index in [1.165, 1.54) is 31.0 Å². The number of carbonyl (C=O) groups is 2. The fraction of sp³-hybridized carbons (Fsp3) is 0.590. The van der Waals surface area contributed by atoms with Crippen LogP contribution in [0.5, 0.6) is 5.75 Å². The topological polar surface area (TPSA) is 147 Å². The number of alkyl carbamates (subject to hydrolysis) is 1. The van der Waals surface area contributed by atoms with Crippen LogP contribution >= 0.6 is 11.6 Å². The molecule has 3 aliphatic heterocycles. The summed E-state index contributed by atoms with van der Waals surface area (Å²) in [6.45, 7) is 7.31. The van der Waals surface area contributed by atoms with Crippen LogP contribution in [0.15, 0.2) is 53.4 Å². The number of nitrogens with one attached hydrogen (secondary N) is 2. The number of anilines is 1. The van der Waals surface area contributed by atoms with Crippen LogP contribution in [0.25, 0.3) is 0 Å². The van der Waals surface area contributed by atoms with Crippen LogP contribution in [0.3, 0.4) is 0 Å². The van der Waals surface area contributed by atoms with Crippen molar-refractivity contribution in [3.63, 3.8) is 0 Å². The van der Waals surface area contributed by atoms with E-state index in [0.29, 0.717) is 49.2 Å². The third-order valence-corrected chi connectivity index (χ3v) is 13.4. The predicted octanol–water partition coefficient (Wildman–Crippen LogP) is 4.56. The molecule has 288 valence electrons. The summed E-state index contributed by atoms with van der Waals surface area (Å²) in [4.78, 5) is 31.0. The molecule has 7 rings (SSSR count). The number of aryl methyl sites for hydroxylation is 1. The number of nitrogens with zero attached hydrogens (tertiary/aromatic N) is 2. The van der Waals surface area contributed by atoms with Crippen molar-refractivity contribution in [3.05, 3.63) is 64.7 Å². The standard InChI is InChI=1S/C39H51ClN4O8S/c1-38(2)36(46)42-53(48,49)30-9-12-35-33(22-30)44(24-39(25-50-35)15-3-5-26-21-28(40)8-11-32(26)39)23-27-7-10-31(27)34(6-4-20-51-38)52-37(47)41-16-19-43-17-13-29(45)14-18-43/h4,6,8-9,11-12,21-22,27,29,31,34,45H,3,5,7,10,13-20,23-25H2,1-2H3,(H,41,47)(H,42,46)/b6-4+/t27-,31+,34-,39-/m0/s1. The number of hydrogen-bond acceptors (Lipinski definition) is 10. The molecule has 2 amide bonds. The average molecular weight is 771 g/mol. The molecule has 2 aromatic carbocycles. The number of ether oxygens (including phenoxy) is 3. The Kier molecular flexibility index (Phi) is 11.0.